The molecule has 0 radical (unpaired) electrons. The van der Waals surface area contributed by atoms with Crippen LogP contribution in [0.15, 0.2) is 48.5 Å². The van der Waals surface area contributed by atoms with E-state index in [1.165, 1.54) is 0 Å². The van der Waals surface area contributed by atoms with E-state index in [1.54, 1.807) is 35.8 Å². The summed E-state index contributed by atoms with van der Waals surface area (Å²) in [7, 11) is 0. The maximum atomic E-state index is 13.1. The van der Waals surface area contributed by atoms with Crippen molar-refractivity contribution in [2.24, 2.45) is 0 Å². The molecule has 1 aliphatic rings. The largest absolute Gasteiger partial charge is 0.462 e. The molecule has 0 saturated carbocycles. The maximum Gasteiger partial charge on any atom is 0.344 e. The van der Waals surface area contributed by atoms with Gasteiger partial charge in [-0.15, -0.1) is 0 Å². The Morgan fingerprint density at radius 2 is 1.79 bits per heavy atom. The fourth-order valence-corrected chi connectivity index (χ4v) is 4.10. The van der Waals surface area contributed by atoms with E-state index in [2.05, 4.69) is 4.98 Å². The molecule has 0 bridgehead atoms. The van der Waals surface area contributed by atoms with Gasteiger partial charge in [-0.05, 0) is 56.2 Å². The summed E-state index contributed by atoms with van der Waals surface area (Å²) < 4.78 is 17.8. The summed E-state index contributed by atoms with van der Waals surface area (Å²) >= 11 is 0. The van der Waals surface area contributed by atoms with Crippen LogP contribution in [0.25, 0.3) is 27.9 Å². The first-order valence-electron chi connectivity index (χ1n) is 11.2. The molecule has 2 aromatic heterocycles. The number of benzene rings is 2. The lowest BCUT2D eigenvalue weighted by Crippen LogP contribution is -2.18. The summed E-state index contributed by atoms with van der Waals surface area (Å²) in [4.78, 5) is 34.6. The Labute approximate surface area is 195 Å². The van der Waals surface area contributed by atoms with Crippen molar-refractivity contribution in [2.45, 2.75) is 25.9 Å². The molecule has 3 heterocycles. The molecule has 0 spiro atoms. The Kier molecular flexibility index (Phi) is 5.85. The number of carbonyl (C=O) groups is 2. The third-order valence-electron chi connectivity index (χ3n) is 5.76. The number of nitrogens with two attached hydrogens (primary N) is 1. The number of anilines is 1. The van der Waals surface area contributed by atoms with Gasteiger partial charge in [0, 0.05) is 12.3 Å². The highest BCUT2D eigenvalue weighted by molar-refractivity contribution is 6.09. The zero-order valence-corrected chi connectivity index (χ0v) is 18.7. The van der Waals surface area contributed by atoms with Gasteiger partial charge in [0.05, 0.1) is 29.3 Å². The smallest absolute Gasteiger partial charge is 0.344 e. The predicted octanol–water partition coefficient (Wildman–Crippen LogP) is 3.67. The molecule has 9 heteroatoms. The van der Waals surface area contributed by atoms with Gasteiger partial charge in [0.2, 0.25) is 0 Å². The standard InChI is InChI=1S/C25H24N4O5/c1-2-32-24(30)15-9-11-16(12-10-15)29-22(26)20(25(31)34-14-17-6-5-13-33-17)21-23(29)28-19-8-4-3-7-18(19)27-21/h3-4,7-12,17H,2,5-6,13-14,26H2,1H3/t17-/m1/s1. The van der Waals surface area contributed by atoms with Crippen molar-refractivity contribution in [1.82, 2.24) is 14.5 Å². The minimum absolute atomic E-state index is 0.110. The van der Waals surface area contributed by atoms with Crippen LogP contribution >= 0.6 is 0 Å². The molecule has 1 atom stereocenters. The van der Waals surface area contributed by atoms with E-state index in [0.29, 0.717) is 40.1 Å². The first-order chi connectivity index (χ1) is 16.6. The lowest BCUT2D eigenvalue weighted by molar-refractivity contribution is 0.0163. The molecule has 2 N–H and O–H groups in total. The number of carbonyl (C=O) groups excluding carboxylic acids is 2. The van der Waals surface area contributed by atoms with E-state index < -0.39 is 11.9 Å². The van der Waals surface area contributed by atoms with Gasteiger partial charge >= 0.3 is 11.9 Å². The van der Waals surface area contributed by atoms with Gasteiger partial charge in [0.25, 0.3) is 0 Å². The number of nitrogens with zero attached hydrogens (tertiary/aromatic N) is 3. The first kappa shape index (κ1) is 21.8. The molecular weight excluding hydrogens is 436 g/mol. The highest BCUT2D eigenvalue weighted by Crippen LogP contribution is 2.32. The van der Waals surface area contributed by atoms with Gasteiger partial charge in [-0.3, -0.25) is 4.57 Å². The van der Waals surface area contributed by atoms with Crippen LogP contribution in [0.5, 0.6) is 0 Å². The summed E-state index contributed by atoms with van der Waals surface area (Å²) in [5.41, 5.74) is 9.76. The van der Waals surface area contributed by atoms with Crippen LogP contribution in [0.4, 0.5) is 5.82 Å². The number of fused-ring (bicyclic) bond motifs is 2. The van der Waals surface area contributed by atoms with Crippen LogP contribution in [-0.4, -0.2) is 52.4 Å². The van der Waals surface area contributed by atoms with E-state index in [-0.39, 0.29) is 30.7 Å². The summed E-state index contributed by atoms with van der Waals surface area (Å²) in [6, 6.07) is 14.1. The second-order valence-electron chi connectivity index (χ2n) is 7.98. The van der Waals surface area contributed by atoms with Crippen molar-refractivity contribution in [3.05, 3.63) is 59.7 Å². The lowest BCUT2D eigenvalue weighted by atomic mass is 10.2. The fraction of sp³-hybridized carbons (Fsp3) is 0.280. The first-order valence-corrected chi connectivity index (χ1v) is 11.2. The normalized spacial score (nSPS) is 15.6. The fourth-order valence-electron chi connectivity index (χ4n) is 4.10. The van der Waals surface area contributed by atoms with Crippen molar-refractivity contribution < 1.29 is 23.8 Å². The van der Waals surface area contributed by atoms with Gasteiger partial charge in [-0.1, -0.05) is 12.1 Å². The summed E-state index contributed by atoms with van der Waals surface area (Å²) in [6.45, 7) is 2.86. The van der Waals surface area contributed by atoms with Gasteiger partial charge in [-0.2, -0.15) is 0 Å². The number of hydrogen-bond acceptors (Lipinski definition) is 8. The van der Waals surface area contributed by atoms with Crippen molar-refractivity contribution in [3.8, 4) is 5.69 Å². The van der Waals surface area contributed by atoms with Crippen molar-refractivity contribution in [3.63, 3.8) is 0 Å². The second kappa shape index (κ2) is 9.11. The minimum Gasteiger partial charge on any atom is -0.462 e. The zero-order valence-electron chi connectivity index (χ0n) is 18.7. The maximum absolute atomic E-state index is 13.1. The molecule has 34 heavy (non-hydrogen) atoms. The SMILES string of the molecule is CCOC(=O)c1ccc(-n2c(N)c(C(=O)OC[C@H]3CCCO3)c3nc4ccccc4nc32)cc1. The van der Waals surface area contributed by atoms with Gasteiger partial charge in [-0.25, -0.2) is 19.6 Å². The molecule has 0 unspecified atom stereocenters. The van der Waals surface area contributed by atoms with Crippen LogP contribution in [0.2, 0.25) is 0 Å². The van der Waals surface area contributed by atoms with Crippen LogP contribution in [0.1, 0.15) is 40.5 Å². The van der Waals surface area contributed by atoms with E-state index >= 15 is 0 Å². The third kappa shape index (κ3) is 3.94. The highest BCUT2D eigenvalue weighted by Gasteiger charge is 2.27. The number of hydrogen-bond donors (Lipinski definition) is 1. The highest BCUT2D eigenvalue weighted by atomic mass is 16.6. The van der Waals surface area contributed by atoms with Crippen LogP contribution in [-0.2, 0) is 14.2 Å². The Hall–Kier alpha value is -3.98. The number of aromatic nitrogens is 3. The van der Waals surface area contributed by atoms with Gasteiger partial charge in [0.15, 0.2) is 5.65 Å². The Bertz CT molecular complexity index is 1370. The van der Waals surface area contributed by atoms with E-state index in [0.717, 1.165) is 12.8 Å². The number of para-hydroxylation sites is 2. The van der Waals surface area contributed by atoms with E-state index in [4.69, 9.17) is 24.9 Å². The Morgan fingerprint density at radius 1 is 1.06 bits per heavy atom. The number of rotatable bonds is 6. The van der Waals surface area contributed by atoms with E-state index in [1.807, 2.05) is 24.3 Å². The van der Waals surface area contributed by atoms with Crippen LogP contribution < -0.4 is 5.73 Å². The summed E-state index contributed by atoms with van der Waals surface area (Å²) in [5, 5.41) is 0. The molecule has 2 aromatic carbocycles. The molecule has 1 fully saturated rings. The molecule has 1 saturated heterocycles. The monoisotopic (exact) mass is 460 g/mol. The molecule has 174 valence electrons. The molecular formula is C25H24N4O5. The zero-order chi connectivity index (χ0) is 23.7. The van der Waals surface area contributed by atoms with Crippen LogP contribution in [0, 0.1) is 0 Å². The van der Waals surface area contributed by atoms with Crippen molar-refractivity contribution in [2.75, 3.05) is 25.6 Å². The molecule has 0 amide bonds. The summed E-state index contributed by atoms with van der Waals surface area (Å²) in [6.07, 6.45) is 1.69. The van der Waals surface area contributed by atoms with Crippen molar-refractivity contribution >= 4 is 40.0 Å². The lowest BCUT2D eigenvalue weighted by Gasteiger charge is -2.11. The number of ether oxygens (including phenoxy) is 3. The third-order valence-corrected chi connectivity index (χ3v) is 5.76. The van der Waals surface area contributed by atoms with E-state index in [9.17, 15) is 9.59 Å². The van der Waals surface area contributed by atoms with Gasteiger partial charge < -0.3 is 19.9 Å². The predicted molar refractivity (Wildman–Crippen MR) is 126 cm³/mol. The average molecular weight is 460 g/mol. The molecule has 0 aliphatic carbocycles. The molecule has 1 aliphatic heterocycles. The number of esters is 2. The second-order valence-corrected chi connectivity index (χ2v) is 7.98. The quantitative estimate of drug-likeness (QED) is 0.433. The molecule has 9 nitrogen and oxygen atoms in total. The van der Waals surface area contributed by atoms with Crippen molar-refractivity contribution in [1.29, 1.82) is 0 Å². The van der Waals surface area contributed by atoms with Gasteiger partial charge in [0.1, 0.15) is 23.5 Å². The topological polar surface area (TPSA) is 119 Å². The Balaban J connectivity index is 1.60. The Morgan fingerprint density at radius 3 is 2.47 bits per heavy atom. The number of nitrogen functional groups attached to an aromatic ring is 1. The minimum atomic E-state index is -0.579. The van der Waals surface area contributed by atoms with Crippen LogP contribution in [0.3, 0.4) is 0 Å². The summed E-state index contributed by atoms with van der Waals surface area (Å²) in [5.74, 6) is -0.834. The average Bonchev–Trinajstić information content (AvgIpc) is 3.47. The molecule has 4 aromatic rings. The molecule has 5 rings (SSSR count).